The fraction of sp³-hybridized carbons (Fsp3) is 0.118. The maximum atomic E-state index is 13.9. The third-order valence-electron chi connectivity index (χ3n) is 3.79. The summed E-state index contributed by atoms with van der Waals surface area (Å²) in [6, 6.07) is 9.65. The van der Waals surface area contributed by atoms with E-state index in [0.717, 1.165) is 0 Å². The quantitative estimate of drug-likeness (QED) is 0.531. The molecule has 24 heavy (non-hydrogen) atoms. The van der Waals surface area contributed by atoms with Gasteiger partial charge in [-0.05, 0) is 35.4 Å². The molecule has 3 heterocycles. The lowest BCUT2D eigenvalue weighted by Gasteiger charge is -2.10. The van der Waals surface area contributed by atoms with Crippen molar-refractivity contribution in [3.8, 4) is 11.5 Å². The molecule has 3 aromatic rings. The molecule has 0 saturated carbocycles. The van der Waals surface area contributed by atoms with E-state index in [-0.39, 0.29) is 28.8 Å². The second-order valence-corrected chi connectivity index (χ2v) is 5.61. The van der Waals surface area contributed by atoms with Crippen molar-refractivity contribution in [3.63, 3.8) is 0 Å². The van der Waals surface area contributed by atoms with E-state index in [2.05, 4.69) is 9.97 Å². The number of benzene rings is 1. The highest BCUT2D eigenvalue weighted by Crippen LogP contribution is 2.37. The monoisotopic (exact) mass is 344 g/mol. The molecule has 0 saturated heterocycles. The van der Waals surface area contributed by atoms with Crippen LogP contribution in [-0.4, -0.2) is 15.9 Å². The summed E-state index contributed by atoms with van der Waals surface area (Å²) in [5, 5.41) is -0.0306. The SMILES string of the molecule is O=C1OC(Cc2ccccc2F)c2nc(Cl)nc(-c3ccco3)c21. The summed E-state index contributed by atoms with van der Waals surface area (Å²) in [4.78, 5) is 20.5. The van der Waals surface area contributed by atoms with E-state index < -0.39 is 12.1 Å². The first-order chi connectivity index (χ1) is 11.6. The van der Waals surface area contributed by atoms with E-state index >= 15 is 0 Å². The van der Waals surface area contributed by atoms with Crippen LogP contribution < -0.4 is 0 Å². The molecule has 5 nitrogen and oxygen atoms in total. The lowest BCUT2D eigenvalue weighted by Crippen LogP contribution is -2.06. The average Bonchev–Trinajstić information content (AvgIpc) is 3.18. The van der Waals surface area contributed by atoms with E-state index in [1.165, 1.54) is 12.3 Å². The molecule has 0 spiro atoms. The fourth-order valence-corrected chi connectivity index (χ4v) is 2.90. The van der Waals surface area contributed by atoms with Crippen molar-refractivity contribution in [2.24, 2.45) is 0 Å². The predicted molar refractivity (Wildman–Crippen MR) is 83.0 cm³/mol. The molecule has 0 aliphatic carbocycles. The normalized spacial score (nSPS) is 16.1. The molecule has 2 aromatic heterocycles. The average molecular weight is 345 g/mol. The first kappa shape index (κ1) is 14.8. The Labute approximate surface area is 141 Å². The number of halogens is 2. The minimum Gasteiger partial charge on any atom is -0.463 e. The Hall–Kier alpha value is -2.73. The molecule has 0 radical (unpaired) electrons. The molecule has 1 atom stereocenters. The van der Waals surface area contributed by atoms with Gasteiger partial charge in [-0.1, -0.05) is 18.2 Å². The molecule has 120 valence electrons. The Morgan fingerprint density at radius 1 is 1.17 bits per heavy atom. The van der Waals surface area contributed by atoms with Gasteiger partial charge in [0.05, 0.1) is 6.26 Å². The molecule has 1 aliphatic heterocycles. The van der Waals surface area contributed by atoms with Crippen molar-refractivity contribution in [2.75, 3.05) is 0 Å². The molecule has 0 N–H and O–H groups in total. The Kier molecular flexibility index (Phi) is 3.54. The second kappa shape index (κ2) is 5.72. The van der Waals surface area contributed by atoms with Gasteiger partial charge in [0.2, 0.25) is 5.28 Å². The summed E-state index contributed by atoms with van der Waals surface area (Å²) in [7, 11) is 0. The zero-order valence-corrected chi connectivity index (χ0v) is 13.0. The van der Waals surface area contributed by atoms with Crippen LogP contribution in [0.3, 0.4) is 0 Å². The summed E-state index contributed by atoms with van der Waals surface area (Å²) in [5.41, 5.74) is 1.25. The van der Waals surface area contributed by atoms with Gasteiger partial charge in [0.15, 0.2) is 5.76 Å². The van der Waals surface area contributed by atoms with Crippen molar-refractivity contribution < 1.29 is 18.3 Å². The van der Waals surface area contributed by atoms with E-state index in [0.29, 0.717) is 17.0 Å². The lowest BCUT2D eigenvalue weighted by molar-refractivity contribution is 0.0381. The van der Waals surface area contributed by atoms with E-state index in [9.17, 15) is 9.18 Å². The van der Waals surface area contributed by atoms with Crippen LogP contribution >= 0.6 is 11.6 Å². The lowest BCUT2D eigenvalue weighted by atomic mass is 10.0. The number of furan rings is 1. The molecule has 0 amide bonds. The minimum absolute atomic E-state index is 0.0306. The number of esters is 1. The summed E-state index contributed by atoms with van der Waals surface area (Å²) in [5.74, 6) is -0.554. The van der Waals surface area contributed by atoms with Crippen molar-refractivity contribution in [1.82, 2.24) is 9.97 Å². The van der Waals surface area contributed by atoms with Gasteiger partial charge in [-0.15, -0.1) is 0 Å². The van der Waals surface area contributed by atoms with Crippen LogP contribution in [0.25, 0.3) is 11.5 Å². The largest absolute Gasteiger partial charge is 0.463 e. The van der Waals surface area contributed by atoms with Crippen molar-refractivity contribution in [3.05, 3.63) is 70.6 Å². The molecular formula is C17H10ClFN2O3. The molecule has 4 rings (SSSR count). The molecular weight excluding hydrogens is 335 g/mol. The molecule has 7 heteroatoms. The Morgan fingerprint density at radius 2 is 2.00 bits per heavy atom. The molecule has 0 fully saturated rings. The number of ether oxygens (including phenoxy) is 1. The molecule has 0 bridgehead atoms. The first-order valence-electron chi connectivity index (χ1n) is 7.19. The van der Waals surface area contributed by atoms with Crippen molar-refractivity contribution in [1.29, 1.82) is 0 Å². The molecule has 1 aromatic carbocycles. The van der Waals surface area contributed by atoms with Gasteiger partial charge in [0.25, 0.3) is 0 Å². The molecule has 1 aliphatic rings. The second-order valence-electron chi connectivity index (χ2n) is 5.27. The van der Waals surface area contributed by atoms with Crippen molar-refractivity contribution in [2.45, 2.75) is 12.5 Å². The molecule has 1 unspecified atom stereocenters. The Bertz CT molecular complexity index is 928. The highest BCUT2D eigenvalue weighted by Gasteiger charge is 2.37. The summed E-state index contributed by atoms with van der Waals surface area (Å²) < 4.78 is 24.6. The first-order valence-corrected chi connectivity index (χ1v) is 7.57. The van der Waals surface area contributed by atoms with Gasteiger partial charge in [-0.3, -0.25) is 0 Å². The topological polar surface area (TPSA) is 65.2 Å². The third kappa shape index (κ3) is 2.45. The maximum absolute atomic E-state index is 13.9. The standard InChI is InChI=1S/C17H10ClFN2O3/c18-17-20-14(11-6-3-7-23-11)13-15(21-17)12(24-16(13)22)8-9-4-1-2-5-10(9)19/h1-7,12H,8H2. The number of carbonyl (C=O) groups is 1. The zero-order valence-electron chi connectivity index (χ0n) is 12.2. The van der Waals surface area contributed by atoms with Crippen LogP contribution in [0.5, 0.6) is 0 Å². The van der Waals surface area contributed by atoms with Crippen LogP contribution in [0.2, 0.25) is 5.28 Å². The van der Waals surface area contributed by atoms with Gasteiger partial charge in [-0.2, -0.15) is 0 Å². The Morgan fingerprint density at radius 3 is 2.75 bits per heavy atom. The highest BCUT2D eigenvalue weighted by atomic mass is 35.5. The fourth-order valence-electron chi connectivity index (χ4n) is 2.72. The van der Waals surface area contributed by atoms with Crippen LogP contribution in [-0.2, 0) is 11.2 Å². The minimum atomic E-state index is -0.724. The van der Waals surface area contributed by atoms with Crippen LogP contribution in [0, 0.1) is 5.82 Å². The van der Waals surface area contributed by atoms with Crippen LogP contribution in [0.15, 0.2) is 47.1 Å². The number of carbonyl (C=O) groups excluding carboxylic acids is 1. The maximum Gasteiger partial charge on any atom is 0.343 e. The number of rotatable bonds is 3. The van der Waals surface area contributed by atoms with E-state index in [4.69, 9.17) is 20.8 Å². The number of nitrogens with zero attached hydrogens (tertiary/aromatic N) is 2. The summed E-state index contributed by atoms with van der Waals surface area (Å²) >= 11 is 5.99. The number of hydrogen-bond donors (Lipinski definition) is 0. The Balaban J connectivity index is 1.79. The van der Waals surface area contributed by atoms with Gasteiger partial charge < -0.3 is 9.15 Å². The number of aromatic nitrogens is 2. The highest BCUT2D eigenvalue weighted by molar-refractivity contribution is 6.28. The zero-order chi connectivity index (χ0) is 16.7. The third-order valence-corrected chi connectivity index (χ3v) is 3.95. The van der Waals surface area contributed by atoms with E-state index in [1.54, 1.807) is 30.3 Å². The number of cyclic esters (lactones) is 1. The summed E-state index contributed by atoms with van der Waals surface area (Å²) in [6.07, 6.45) is 0.907. The van der Waals surface area contributed by atoms with Gasteiger partial charge in [0.1, 0.15) is 28.9 Å². The summed E-state index contributed by atoms with van der Waals surface area (Å²) in [6.45, 7) is 0. The van der Waals surface area contributed by atoms with Crippen LogP contribution in [0.4, 0.5) is 4.39 Å². The van der Waals surface area contributed by atoms with Gasteiger partial charge >= 0.3 is 5.97 Å². The predicted octanol–water partition coefficient (Wildman–Crippen LogP) is 3.98. The number of fused-ring (bicyclic) bond motifs is 1. The number of hydrogen-bond acceptors (Lipinski definition) is 5. The van der Waals surface area contributed by atoms with E-state index in [1.807, 2.05) is 0 Å². The van der Waals surface area contributed by atoms with Gasteiger partial charge in [0, 0.05) is 6.42 Å². The van der Waals surface area contributed by atoms with Crippen molar-refractivity contribution >= 4 is 17.6 Å². The smallest absolute Gasteiger partial charge is 0.343 e. The van der Waals surface area contributed by atoms with Gasteiger partial charge in [-0.25, -0.2) is 19.2 Å². The van der Waals surface area contributed by atoms with Crippen LogP contribution in [0.1, 0.15) is 27.7 Å².